The van der Waals surface area contributed by atoms with Crippen LogP contribution in [0, 0.1) is 0 Å². The largest absolute Gasteiger partial charge is 0.321 e. The van der Waals surface area contributed by atoms with Crippen LogP contribution in [-0.4, -0.2) is 23.5 Å². The molecule has 0 spiro atoms. The summed E-state index contributed by atoms with van der Waals surface area (Å²) in [5, 5.41) is 5.51. The summed E-state index contributed by atoms with van der Waals surface area (Å²) in [7, 11) is -3.99. The van der Waals surface area contributed by atoms with E-state index >= 15 is 0 Å². The van der Waals surface area contributed by atoms with Crippen molar-refractivity contribution in [3.63, 3.8) is 0 Å². The molecule has 188 valence electrons. The minimum Gasteiger partial charge on any atom is -0.321 e. The number of benzene rings is 4. The van der Waals surface area contributed by atoms with Gasteiger partial charge in [0.15, 0.2) is 0 Å². The van der Waals surface area contributed by atoms with Crippen LogP contribution in [0.15, 0.2) is 128 Å². The highest BCUT2D eigenvalue weighted by Gasteiger charge is 2.39. The van der Waals surface area contributed by atoms with Crippen molar-refractivity contribution in [2.45, 2.75) is 17.4 Å². The molecule has 5 aromatic rings. The summed E-state index contributed by atoms with van der Waals surface area (Å²) in [5.41, 5.74) is 3.52. The second-order valence-corrected chi connectivity index (χ2v) is 11.7. The van der Waals surface area contributed by atoms with Crippen LogP contribution in [-0.2, 0) is 10.0 Å². The molecule has 0 amide bonds. The van der Waals surface area contributed by atoms with E-state index in [1.165, 1.54) is 0 Å². The number of sulfonamides is 1. The molecule has 1 atom stereocenters. The summed E-state index contributed by atoms with van der Waals surface area (Å²) in [6.07, 6.45) is 0.249. The van der Waals surface area contributed by atoms with Crippen LogP contribution in [0.4, 0.5) is 0 Å². The second-order valence-electron chi connectivity index (χ2n) is 9.03. The molecule has 8 heteroatoms. The summed E-state index contributed by atoms with van der Waals surface area (Å²) < 4.78 is 29.7. The minimum absolute atomic E-state index is 0.144. The SMILES string of the molecule is O=c1[nH]c2ccc(Br)cc2c(-c2ccccc2)c1C1=NN(S(=O)(=O)c2ccccc2)[C@@H](c2ccccc2)C1. The molecule has 1 aliphatic rings. The summed E-state index contributed by atoms with van der Waals surface area (Å²) in [4.78, 5) is 16.8. The van der Waals surface area contributed by atoms with Crippen molar-refractivity contribution in [2.75, 3.05) is 0 Å². The summed E-state index contributed by atoms with van der Waals surface area (Å²) >= 11 is 3.56. The number of nitrogens with one attached hydrogen (secondary N) is 1. The van der Waals surface area contributed by atoms with Crippen molar-refractivity contribution in [1.82, 2.24) is 9.40 Å². The molecule has 0 saturated heterocycles. The van der Waals surface area contributed by atoms with E-state index in [1.807, 2.05) is 78.9 Å². The van der Waals surface area contributed by atoms with Gasteiger partial charge in [0.05, 0.1) is 22.2 Å². The monoisotopic (exact) mass is 583 g/mol. The number of H-pyrrole nitrogens is 1. The number of rotatable bonds is 5. The number of nitrogens with zero attached hydrogens (tertiary/aromatic N) is 2. The molecule has 2 heterocycles. The number of aromatic amines is 1. The van der Waals surface area contributed by atoms with Gasteiger partial charge in [-0.15, -0.1) is 0 Å². The molecule has 1 N–H and O–H groups in total. The van der Waals surface area contributed by atoms with Gasteiger partial charge in [0.2, 0.25) is 0 Å². The maximum atomic E-state index is 13.8. The molecular formula is C30H22BrN3O3S. The first kappa shape index (κ1) is 24.3. The molecule has 38 heavy (non-hydrogen) atoms. The molecule has 4 aromatic carbocycles. The number of pyridine rings is 1. The summed E-state index contributed by atoms with van der Waals surface area (Å²) in [6, 6.07) is 32.4. The molecular weight excluding hydrogens is 562 g/mol. The number of hydrazone groups is 1. The zero-order chi connectivity index (χ0) is 26.3. The lowest BCUT2D eigenvalue weighted by Gasteiger charge is -2.23. The topological polar surface area (TPSA) is 82.6 Å². The molecule has 0 unspecified atom stereocenters. The Hall–Kier alpha value is -4.01. The van der Waals surface area contributed by atoms with Crippen LogP contribution in [0.25, 0.3) is 22.0 Å². The van der Waals surface area contributed by atoms with Gasteiger partial charge in [-0.1, -0.05) is 94.8 Å². The van der Waals surface area contributed by atoms with Gasteiger partial charge in [0.1, 0.15) is 0 Å². The first-order valence-corrected chi connectivity index (χ1v) is 14.3. The highest BCUT2D eigenvalue weighted by atomic mass is 79.9. The Labute approximate surface area is 228 Å². The maximum Gasteiger partial charge on any atom is 0.279 e. The standard InChI is InChI=1S/C30H22BrN3O3S/c31-22-16-17-25-24(18-22)28(21-12-6-2-7-13-21)29(30(35)32-25)26-19-27(20-10-4-1-5-11-20)34(33-26)38(36,37)23-14-8-3-9-15-23/h1-18,27H,19H2,(H,32,35)/t27-/m1/s1. The molecule has 0 fully saturated rings. The third-order valence-electron chi connectivity index (χ3n) is 6.67. The van der Waals surface area contributed by atoms with Gasteiger partial charge >= 0.3 is 0 Å². The molecule has 6 rings (SSSR count). The van der Waals surface area contributed by atoms with Crippen LogP contribution >= 0.6 is 15.9 Å². The molecule has 1 aromatic heterocycles. The van der Waals surface area contributed by atoms with E-state index in [2.05, 4.69) is 26.0 Å². The zero-order valence-electron chi connectivity index (χ0n) is 20.1. The van der Waals surface area contributed by atoms with Gasteiger partial charge in [-0.05, 0) is 41.5 Å². The number of hydrogen-bond acceptors (Lipinski definition) is 4. The second kappa shape index (κ2) is 9.70. The van der Waals surface area contributed by atoms with Crippen LogP contribution in [0.3, 0.4) is 0 Å². The Kier molecular flexibility index (Phi) is 6.21. The Morgan fingerprint density at radius 2 is 1.45 bits per heavy atom. The number of halogens is 1. The van der Waals surface area contributed by atoms with E-state index in [1.54, 1.807) is 30.3 Å². The van der Waals surface area contributed by atoms with Crippen LogP contribution in [0.5, 0.6) is 0 Å². The first-order chi connectivity index (χ1) is 18.4. The van der Waals surface area contributed by atoms with Crippen molar-refractivity contribution in [3.8, 4) is 11.1 Å². The van der Waals surface area contributed by atoms with E-state index in [-0.39, 0.29) is 16.9 Å². The summed E-state index contributed by atoms with van der Waals surface area (Å²) in [5.74, 6) is 0. The molecule has 0 radical (unpaired) electrons. The minimum atomic E-state index is -3.99. The lowest BCUT2D eigenvalue weighted by molar-refractivity contribution is 0.371. The van der Waals surface area contributed by atoms with Crippen molar-refractivity contribution < 1.29 is 8.42 Å². The summed E-state index contributed by atoms with van der Waals surface area (Å²) in [6.45, 7) is 0. The van der Waals surface area contributed by atoms with Gasteiger partial charge in [0.25, 0.3) is 15.6 Å². The predicted molar refractivity (Wildman–Crippen MR) is 154 cm³/mol. The average Bonchev–Trinajstić information content (AvgIpc) is 3.40. The van der Waals surface area contributed by atoms with E-state index < -0.39 is 16.1 Å². The normalized spacial score (nSPS) is 15.6. The fraction of sp³-hybridized carbons (Fsp3) is 0.0667. The van der Waals surface area contributed by atoms with Gasteiger partial charge in [-0.3, -0.25) is 4.79 Å². The predicted octanol–water partition coefficient (Wildman–Crippen LogP) is 6.50. The van der Waals surface area contributed by atoms with E-state index in [0.717, 1.165) is 31.0 Å². The first-order valence-electron chi connectivity index (χ1n) is 12.1. The van der Waals surface area contributed by atoms with Gasteiger partial charge in [-0.25, -0.2) is 0 Å². The van der Waals surface area contributed by atoms with E-state index in [9.17, 15) is 13.2 Å². The highest BCUT2D eigenvalue weighted by molar-refractivity contribution is 9.10. The third-order valence-corrected chi connectivity index (χ3v) is 8.86. The van der Waals surface area contributed by atoms with E-state index in [0.29, 0.717) is 16.8 Å². The van der Waals surface area contributed by atoms with Crippen molar-refractivity contribution in [3.05, 3.63) is 135 Å². The molecule has 0 bridgehead atoms. The van der Waals surface area contributed by atoms with Crippen LogP contribution in [0.1, 0.15) is 23.6 Å². The van der Waals surface area contributed by atoms with Gasteiger partial charge < -0.3 is 4.98 Å². The Morgan fingerprint density at radius 1 is 0.816 bits per heavy atom. The lowest BCUT2D eigenvalue weighted by Crippen LogP contribution is -2.27. The Morgan fingerprint density at radius 3 is 2.13 bits per heavy atom. The maximum absolute atomic E-state index is 13.8. The zero-order valence-corrected chi connectivity index (χ0v) is 22.5. The molecule has 1 aliphatic heterocycles. The molecule has 0 aliphatic carbocycles. The smallest absolute Gasteiger partial charge is 0.279 e. The van der Waals surface area contributed by atoms with Crippen molar-refractivity contribution in [2.24, 2.45) is 5.10 Å². The fourth-order valence-electron chi connectivity index (χ4n) is 4.93. The van der Waals surface area contributed by atoms with Gasteiger partial charge in [-0.2, -0.15) is 17.9 Å². The molecule has 0 saturated carbocycles. The Balaban J connectivity index is 1.61. The average molecular weight is 584 g/mol. The van der Waals surface area contributed by atoms with Gasteiger partial charge in [0, 0.05) is 27.4 Å². The van der Waals surface area contributed by atoms with E-state index in [4.69, 9.17) is 0 Å². The van der Waals surface area contributed by atoms with Crippen molar-refractivity contribution >= 4 is 42.6 Å². The highest BCUT2D eigenvalue weighted by Crippen LogP contribution is 2.39. The lowest BCUT2D eigenvalue weighted by atomic mass is 9.91. The van der Waals surface area contributed by atoms with Crippen LogP contribution in [0.2, 0.25) is 0 Å². The van der Waals surface area contributed by atoms with Crippen LogP contribution < -0.4 is 5.56 Å². The number of aromatic nitrogens is 1. The number of hydrogen-bond donors (Lipinski definition) is 1. The number of fused-ring (bicyclic) bond motifs is 1. The third kappa shape index (κ3) is 4.25. The quantitative estimate of drug-likeness (QED) is 0.256. The van der Waals surface area contributed by atoms with Crippen molar-refractivity contribution in [1.29, 1.82) is 0 Å². The molecule has 6 nitrogen and oxygen atoms in total. The fourth-order valence-corrected chi connectivity index (χ4v) is 6.75. The Bertz CT molecular complexity index is 1840.